The van der Waals surface area contributed by atoms with Crippen molar-refractivity contribution in [2.45, 2.75) is 20.4 Å². The van der Waals surface area contributed by atoms with Gasteiger partial charge in [0.1, 0.15) is 12.4 Å². The van der Waals surface area contributed by atoms with Gasteiger partial charge in [0, 0.05) is 25.3 Å². The second-order valence-corrected chi connectivity index (χ2v) is 8.27. The van der Waals surface area contributed by atoms with Crippen LogP contribution in [0.15, 0.2) is 48.5 Å². The lowest BCUT2D eigenvalue weighted by molar-refractivity contribution is -0.119. The Balaban J connectivity index is 2.00. The topological polar surface area (TPSA) is 69.7 Å². The SMILES string of the molecule is CCN(CC)c1ccc(CNC(=O)CN(c2ccc(F)cc2)S(C)(=O)=O)cc1. The lowest BCUT2D eigenvalue weighted by Gasteiger charge is -2.22. The van der Waals surface area contributed by atoms with Crippen molar-refractivity contribution in [2.75, 3.05) is 35.1 Å². The van der Waals surface area contributed by atoms with E-state index in [-0.39, 0.29) is 12.2 Å². The molecule has 0 aliphatic heterocycles. The smallest absolute Gasteiger partial charge is 0.241 e. The Hall–Kier alpha value is -2.61. The van der Waals surface area contributed by atoms with Crippen LogP contribution in [0.5, 0.6) is 0 Å². The lowest BCUT2D eigenvalue weighted by atomic mass is 10.2. The first-order valence-electron chi connectivity index (χ1n) is 9.08. The minimum atomic E-state index is -3.69. The number of carbonyl (C=O) groups is 1. The first kappa shape index (κ1) is 21.7. The second-order valence-electron chi connectivity index (χ2n) is 6.36. The van der Waals surface area contributed by atoms with Crippen LogP contribution in [-0.2, 0) is 21.4 Å². The van der Waals surface area contributed by atoms with E-state index >= 15 is 0 Å². The van der Waals surface area contributed by atoms with Crippen LogP contribution < -0.4 is 14.5 Å². The molecule has 1 amide bonds. The summed E-state index contributed by atoms with van der Waals surface area (Å²) in [7, 11) is -3.69. The molecule has 28 heavy (non-hydrogen) atoms. The zero-order valence-corrected chi connectivity index (χ0v) is 17.2. The van der Waals surface area contributed by atoms with Crippen molar-refractivity contribution in [1.82, 2.24) is 5.32 Å². The van der Waals surface area contributed by atoms with Gasteiger partial charge >= 0.3 is 0 Å². The normalized spacial score (nSPS) is 11.1. The Bertz CT molecular complexity index is 880. The molecule has 0 aromatic heterocycles. The summed E-state index contributed by atoms with van der Waals surface area (Å²) in [5.41, 5.74) is 2.26. The molecule has 0 spiro atoms. The largest absolute Gasteiger partial charge is 0.372 e. The zero-order chi connectivity index (χ0) is 20.7. The molecule has 0 aliphatic rings. The van der Waals surface area contributed by atoms with Gasteiger partial charge in [0.15, 0.2) is 0 Å². The molecule has 6 nitrogen and oxygen atoms in total. The number of rotatable bonds is 9. The molecule has 8 heteroatoms. The number of benzene rings is 2. The first-order valence-corrected chi connectivity index (χ1v) is 10.9. The van der Waals surface area contributed by atoms with Crippen LogP contribution in [-0.4, -0.2) is 40.2 Å². The average Bonchev–Trinajstić information content (AvgIpc) is 2.66. The van der Waals surface area contributed by atoms with E-state index in [1.165, 1.54) is 12.1 Å². The van der Waals surface area contributed by atoms with Gasteiger partial charge in [-0.05, 0) is 55.8 Å². The molecule has 0 bridgehead atoms. The molecular formula is C20H26FN3O3S. The van der Waals surface area contributed by atoms with Gasteiger partial charge in [-0.1, -0.05) is 12.1 Å². The van der Waals surface area contributed by atoms with Crippen LogP contribution in [0.25, 0.3) is 0 Å². The van der Waals surface area contributed by atoms with E-state index in [1.807, 2.05) is 24.3 Å². The summed E-state index contributed by atoms with van der Waals surface area (Å²) in [5, 5.41) is 2.73. The van der Waals surface area contributed by atoms with Crippen molar-refractivity contribution in [3.05, 3.63) is 59.9 Å². The van der Waals surface area contributed by atoms with Crippen molar-refractivity contribution in [3.8, 4) is 0 Å². The number of hydrogen-bond donors (Lipinski definition) is 1. The van der Waals surface area contributed by atoms with Gasteiger partial charge in [-0.25, -0.2) is 12.8 Å². The number of nitrogens with zero attached hydrogens (tertiary/aromatic N) is 2. The standard InChI is InChI=1S/C20H26FN3O3S/c1-4-23(5-2)18-10-6-16(7-11-18)14-22-20(25)15-24(28(3,26)27)19-12-8-17(21)9-13-19/h6-13H,4-5,14-15H2,1-3H3,(H,22,25). The maximum absolute atomic E-state index is 13.1. The summed E-state index contributed by atoms with van der Waals surface area (Å²) >= 11 is 0. The molecule has 0 aliphatic carbocycles. The third-order valence-electron chi connectivity index (χ3n) is 4.36. The Morgan fingerprint density at radius 1 is 0.964 bits per heavy atom. The van der Waals surface area contributed by atoms with E-state index in [9.17, 15) is 17.6 Å². The van der Waals surface area contributed by atoms with Crippen molar-refractivity contribution in [1.29, 1.82) is 0 Å². The van der Waals surface area contributed by atoms with Crippen LogP contribution in [0.3, 0.4) is 0 Å². The summed E-state index contributed by atoms with van der Waals surface area (Å²) in [6.45, 7) is 5.92. The van der Waals surface area contributed by atoms with Crippen LogP contribution >= 0.6 is 0 Å². The Labute approximate surface area is 166 Å². The molecule has 0 saturated carbocycles. The van der Waals surface area contributed by atoms with Gasteiger partial charge in [-0.3, -0.25) is 9.10 Å². The number of halogens is 1. The molecular weight excluding hydrogens is 381 g/mol. The molecule has 2 aromatic rings. The molecule has 0 atom stereocenters. The number of sulfonamides is 1. The molecule has 0 unspecified atom stereocenters. The van der Waals surface area contributed by atoms with E-state index in [1.54, 1.807) is 0 Å². The van der Waals surface area contributed by atoms with E-state index < -0.39 is 21.7 Å². The summed E-state index contributed by atoms with van der Waals surface area (Å²) in [6, 6.07) is 12.8. The molecule has 2 rings (SSSR count). The minimum absolute atomic E-state index is 0.239. The predicted octanol–water partition coefficient (Wildman–Crippen LogP) is 2.75. The molecule has 152 valence electrons. The van der Waals surface area contributed by atoms with Crippen molar-refractivity contribution in [3.63, 3.8) is 0 Å². The Kier molecular flexibility index (Phi) is 7.39. The van der Waals surface area contributed by atoms with Crippen LogP contribution in [0, 0.1) is 5.82 Å². The van der Waals surface area contributed by atoms with Crippen LogP contribution in [0.2, 0.25) is 0 Å². The van der Waals surface area contributed by atoms with E-state index in [0.717, 1.165) is 47.0 Å². The number of amides is 1. The molecule has 0 saturated heterocycles. The van der Waals surface area contributed by atoms with Crippen LogP contribution in [0.1, 0.15) is 19.4 Å². The van der Waals surface area contributed by atoms with Crippen molar-refractivity contribution >= 4 is 27.3 Å². The van der Waals surface area contributed by atoms with E-state index in [4.69, 9.17) is 0 Å². The maximum atomic E-state index is 13.1. The maximum Gasteiger partial charge on any atom is 0.241 e. The molecule has 2 aromatic carbocycles. The number of anilines is 2. The summed E-state index contributed by atoms with van der Waals surface area (Å²) < 4.78 is 38.1. The Morgan fingerprint density at radius 3 is 2.00 bits per heavy atom. The van der Waals surface area contributed by atoms with Gasteiger partial charge in [0.05, 0.1) is 11.9 Å². The number of nitrogens with one attached hydrogen (secondary N) is 1. The molecule has 0 radical (unpaired) electrons. The van der Waals surface area contributed by atoms with Gasteiger partial charge in [0.25, 0.3) is 0 Å². The van der Waals surface area contributed by atoms with Gasteiger partial charge in [-0.15, -0.1) is 0 Å². The summed E-state index contributed by atoms with van der Waals surface area (Å²) in [5.74, 6) is -0.919. The number of hydrogen-bond acceptors (Lipinski definition) is 4. The first-order chi connectivity index (χ1) is 13.2. The lowest BCUT2D eigenvalue weighted by Crippen LogP contribution is -2.40. The highest BCUT2D eigenvalue weighted by atomic mass is 32.2. The number of carbonyl (C=O) groups excluding carboxylic acids is 1. The zero-order valence-electron chi connectivity index (χ0n) is 16.4. The monoisotopic (exact) mass is 407 g/mol. The quantitative estimate of drug-likeness (QED) is 0.694. The fourth-order valence-corrected chi connectivity index (χ4v) is 3.66. The van der Waals surface area contributed by atoms with Crippen molar-refractivity contribution < 1.29 is 17.6 Å². The molecule has 1 N–H and O–H groups in total. The summed E-state index contributed by atoms with van der Waals surface area (Å²) in [4.78, 5) is 14.5. The fourth-order valence-electron chi connectivity index (χ4n) is 2.81. The Morgan fingerprint density at radius 2 is 1.50 bits per heavy atom. The highest BCUT2D eigenvalue weighted by molar-refractivity contribution is 7.92. The van der Waals surface area contributed by atoms with Gasteiger partial charge in [0.2, 0.25) is 15.9 Å². The fraction of sp³-hybridized carbons (Fsp3) is 0.350. The van der Waals surface area contributed by atoms with Gasteiger partial charge < -0.3 is 10.2 Å². The molecule has 0 heterocycles. The predicted molar refractivity (Wildman–Crippen MR) is 110 cm³/mol. The average molecular weight is 408 g/mol. The molecule has 0 fully saturated rings. The second kappa shape index (κ2) is 9.54. The third-order valence-corrected chi connectivity index (χ3v) is 5.50. The highest BCUT2D eigenvalue weighted by Gasteiger charge is 2.20. The van der Waals surface area contributed by atoms with E-state index in [2.05, 4.69) is 24.1 Å². The van der Waals surface area contributed by atoms with E-state index in [0.29, 0.717) is 6.54 Å². The third kappa shape index (κ3) is 5.95. The minimum Gasteiger partial charge on any atom is -0.372 e. The highest BCUT2D eigenvalue weighted by Crippen LogP contribution is 2.18. The summed E-state index contributed by atoms with van der Waals surface area (Å²) in [6.07, 6.45) is 1.01. The van der Waals surface area contributed by atoms with Crippen molar-refractivity contribution in [2.24, 2.45) is 0 Å². The van der Waals surface area contributed by atoms with Gasteiger partial charge in [-0.2, -0.15) is 0 Å². The van der Waals surface area contributed by atoms with Crippen LogP contribution in [0.4, 0.5) is 15.8 Å².